The molecule has 0 bridgehead atoms. The molecule has 21 heavy (non-hydrogen) atoms. The van der Waals surface area contributed by atoms with Crippen LogP contribution in [0.25, 0.3) is 0 Å². The number of para-hydroxylation sites is 1. The van der Waals surface area contributed by atoms with Gasteiger partial charge >= 0.3 is 0 Å². The van der Waals surface area contributed by atoms with Gasteiger partial charge in [0.15, 0.2) is 0 Å². The van der Waals surface area contributed by atoms with E-state index in [2.05, 4.69) is 15.2 Å². The summed E-state index contributed by atoms with van der Waals surface area (Å²) < 4.78 is 5.27. The Kier molecular flexibility index (Phi) is 5.98. The third-order valence-corrected chi connectivity index (χ3v) is 3.39. The molecule has 1 aromatic rings. The van der Waals surface area contributed by atoms with E-state index >= 15 is 0 Å². The Morgan fingerprint density at radius 1 is 1.38 bits per heavy atom. The summed E-state index contributed by atoms with van der Waals surface area (Å²) in [5, 5.41) is 2.89. The van der Waals surface area contributed by atoms with E-state index < -0.39 is 0 Å². The summed E-state index contributed by atoms with van der Waals surface area (Å²) in [5.41, 5.74) is 6.64. The van der Waals surface area contributed by atoms with Gasteiger partial charge in [-0.25, -0.2) is 4.99 Å². The van der Waals surface area contributed by atoms with Crippen LogP contribution in [0, 0.1) is 0 Å². The van der Waals surface area contributed by atoms with Crippen LogP contribution in [0.2, 0.25) is 0 Å². The number of nitrogens with two attached hydrogens (primary N) is 1. The van der Waals surface area contributed by atoms with E-state index in [0.29, 0.717) is 31.1 Å². The Balaban J connectivity index is 2.01. The Labute approximate surface area is 128 Å². The van der Waals surface area contributed by atoms with Crippen molar-refractivity contribution in [1.29, 1.82) is 0 Å². The van der Waals surface area contributed by atoms with Crippen LogP contribution in [0.4, 0.5) is 5.69 Å². The van der Waals surface area contributed by atoms with Crippen molar-refractivity contribution in [1.82, 2.24) is 10.2 Å². The number of benzene rings is 1. The zero-order valence-electron chi connectivity index (χ0n) is 11.7. The second kappa shape index (κ2) is 7.97. The number of nitrogens with one attached hydrogen (secondary N) is 1. The molecule has 3 N–H and O–H groups in total. The number of ether oxygens (including phenoxy) is 1. The van der Waals surface area contributed by atoms with Gasteiger partial charge in [-0.2, -0.15) is 0 Å². The molecule has 0 radical (unpaired) electrons. The maximum atomic E-state index is 12.3. The number of nitrogens with zero attached hydrogens (tertiary/aromatic N) is 2. The van der Waals surface area contributed by atoms with Gasteiger partial charge in [-0.3, -0.25) is 9.69 Å². The molecular formula is C14H19ClN4O2. The predicted octanol–water partition coefficient (Wildman–Crippen LogP) is 0.934. The van der Waals surface area contributed by atoms with Crippen molar-refractivity contribution in [2.24, 2.45) is 10.7 Å². The molecule has 2 rings (SSSR count). The van der Waals surface area contributed by atoms with Gasteiger partial charge in [0.25, 0.3) is 5.91 Å². The second-order valence-corrected chi connectivity index (χ2v) is 4.92. The Morgan fingerprint density at radius 2 is 2.10 bits per heavy atom. The number of morpholine rings is 1. The van der Waals surface area contributed by atoms with Crippen molar-refractivity contribution in [3.05, 3.63) is 29.8 Å². The average Bonchev–Trinajstić information content (AvgIpc) is 2.54. The number of halogens is 1. The monoisotopic (exact) mass is 310 g/mol. The lowest BCUT2D eigenvalue weighted by Crippen LogP contribution is -2.43. The quantitative estimate of drug-likeness (QED) is 0.482. The van der Waals surface area contributed by atoms with Gasteiger partial charge in [0.05, 0.1) is 37.0 Å². The van der Waals surface area contributed by atoms with Gasteiger partial charge in [-0.1, -0.05) is 12.1 Å². The molecule has 114 valence electrons. The number of carbonyl (C=O) groups is 1. The van der Waals surface area contributed by atoms with Crippen LogP contribution >= 0.6 is 11.6 Å². The van der Waals surface area contributed by atoms with E-state index in [1.54, 1.807) is 24.3 Å². The third kappa shape index (κ3) is 4.70. The minimum absolute atomic E-state index is 0.129. The molecule has 0 saturated carbocycles. The molecule has 0 aromatic heterocycles. The van der Waals surface area contributed by atoms with Crippen LogP contribution in [0.3, 0.4) is 0 Å². The average molecular weight is 311 g/mol. The SMILES string of the molecule is NC(CCl)=Nc1ccccc1C(=O)NCN1CCOCC1. The van der Waals surface area contributed by atoms with Crippen LogP contribution in [0.15, 0.2) is 29.3 Å². The summed E-state index contributed by atoms with van der Waals surface area (Å²) in [6.07, 6.45) is 0. The molecule has 0 aliphatic carbocycles. The molecule has 0 atom stereocenters. The lowest BCUT2D eigenvalue weighted by atomic mass is 10.1. The van der Waals surface area contributed by atoms with Crippen molar-refractivity contribution >= 4 is 29.0 Å². The van der Waals surface area contributed by atoms with Crippen LogP contribution in [0.5, 0.6) is 0 Å². The highest BCUT2D eigenvalue weighted by molar-refractivity contribution is 6.28. The van der Waals surface area contributed by atoms with Gasteiger partial charge in [0.2, 0.25) is 0 Å². The highest BCUT2D eigenvalue weighted by Gasteiger charge is 2.14. The first-order valence-electron chi connectivity index (χ1n) is 6.77. The molecule has 1 amide bonds. The zero-order chi connectivity index (χ0) is 15.1. The highest BCUT2D eigenvalue weighted by Crippen LogP contribution is 2.18. The molecule has 1 heterocycles. The van der Waals surface area contributed by atoms with Gasteiger partial charge < -0.3 is 15.8 Å². The van der Waals surface area contributed by atoms with E-state index in [0.717, 1.165) is 13.1 Å². The number of rotatable bonds is 5. The van der Waals surface area contributed by atoms with Crippen LogP contribution < -0.4 is 11.1 Å². The fourth-order valence-corrected chi connectivity index (χ4v) is 2.05. The maximum Gasteiger partial charge on any atom is 0.254 e. The Bertz CT molecular complexity index is 515. The van der Waals surface area contributed by atoms with Gasteiger partial charge in [0, 0.05) is 13.1 Å². The largest absolute Gasteiger partial charge is 0.386 e. The van der Waals surface area contributed by atoms with E-state index in [9.17, 15) is 4.79 Å². The molecule has 0 unspecified atom stereocenters. The molecule has 1 aliphatic heterocycles. The van der Waals surface area contributed by atoms with Gasteiger partial charge in [-0.15, -0.1) is 11.6 Å². The molecule has 1 saturated heterocycles. The molecule has 1 fully saturated rings. The molecule has 6 nitrogen and oxygen atoms in total. The summed E-state index contributed by atoms with van der Waals surface area (Å²) >= 11 is 5.62. The van der Waals surface area contributed by atoms with Gasteiger partial charge in [-0.05, 0) is 12.1 Å². The molecule has 7 heteroatoms. The molecular weight excluding hydrogens is 292 g/mol. The number of amides is 1. The summed E-state index contributed by atoms with van der Waals surface area (Å²) in [4.78, 5) is 18.6. The smallest absolute Gasteiger partial charge is 0.254 e. The number of carbonyl (C=O) groups excluding carboxylic acids is 1. The van der Waals surface area contributed by atoms with E-state index in [4.69, 9.17) is 22.1 Å². The predicted molar refractivity (Wildman–Crippen MR) is 83.2 cm³/mol. The fraction of sp³-hybridized carbons (Fsp3) is 0.429. The van der Waals surface area contributed by atoms with Crippen molar-refractivity contribution in [2.45, 2.75) is 0 Å². The maximum absolute atomic E-state index is 12.3. The summed E-state index contributed by atoms with van der Waals surface area (Å²) in [6, 6.07) is 7.05. The Hall–Kier alpha value is -1.63. The second-order valence-electron chi connectivity index (χ2n) is 4.65. The standard InChI is InChI=1S/C14H19ClN4O2/c15-9-13(16)18-12-4-2-1-3-11(12)14(20)17-10-19-5-7-21-8-6-19/h1-4H,5-10H2,(H2,16,18)(H,17,20). The number of hydrogen-bond donors (Lipinski definition) is 2. The normalized spacial score (nSPS) is 16.7. The number of amidine groups is 1. The number of aliphatic imine (C=N–C) groups is 1. The van der Waals surface area contributed by atoms with Crippen molar-refractivity contribution in [3.8, 4) is 0 Å². The first-order valence-corrected chi connectivity index (χ1v) is 7.30. The van der Waals surface area contributed by atoms with Crippen LogP contribution in [-0.2, 0) is 4.74 Å². The summed E-state index contributed by atoms with van der Waals surface area (Å²) in [7, 11) is 0. The van der Waals surface area contributed by atoms with E-state index in [1.165, 1.54) is 0 Å². The summed E-state index contributed by atoms with van der Waals surface area (Å²) in [6.45, 7) is 3.52. The highest BCUT2D eigenvalue weighted by atomic mass is 35.5. The van der Waals surface area contributed by atoms with Crippen LogP contribution in [0.1, 0.15) is 10.4 Å². The van der Waals surface area contributed by atoms with Crippen molar-refractivity contribution in [3.63, 3.8) is 0 Å². The molecule has 0 spiro atoms. The van der Waals surface area contributed by atoms with E-state index in [-0.39, 0.29) is 17.6 Å². The first kappa shape index (κ1) is 15.8. The van der Waals surface area contributed by atoms with Crippen molar-refractivity contribution < 1.29 is 9.53 Å². The fourth-order valence-electron chi connectivity index (χ4n) is 1.99. The van der Waals surface area contributed by atoms with E-state index in [1.807, 2.05) is 0 Å². The topological polar surface area (TPSA) is 79.9 Å². The van der Waals surface area contributed by atoms with Gasteiger partial charge in [0.1, 0.15) is 5.84 Å². The minimum atomic E-state index is -0.178. The Morgan fingerprint density at radius 3 is 2.81 bits per heavy atom. The molecule has 1 aromatic carbocycles. The van der Waals surface area contributed by atoms with Crippen molar-refractivity contribution in [2.75, 3.05) is 38.9 Å². The number of alkyl halides is 1. The lowest BCUT2D eigenvalue weighted by Gasteiger charge is -2.26. The molecule has 1 aliphatic rings. The minimum Gasteiger partial charge on any atom is -0.386 e. The van der Waals surface area contributed by atoms with Crippen LogP contribution in [-0.4, -0.2) is 55.5 Å². The zero-order valence-corrected chi connectivity index (χ0v) is 12.5. The lowest BCUT2D eigenvalue weighted by molar-refractivity contribution is 0.0334. The first-order chi connectivity index (χ1) is 10.2. The third-order valence-electron chi connectivity index (χ3n) is 3.12. The summed E-state index contributed by atoms with van der Waals surface area (Å²) in [5.74, 6) is 0.234. The number of hydrogen-bond acceptors (Lipinski definition) is 4.